The van der Waals surface area contributed by atoms with E-state index in [-0.39, 0.29) is 24.6 Å². The van der Waals surface area contributed by atoms with Crippen LogP contribution >= 0.6 is 0 Å². The van der Waals surface area contributed by atoms with Crippen LogP contribution in [0.3, 0.4) is 0 Å². The van der Waals surface area contributed by atoms with Gasteiger partial charge in [-0.05, 0) is 37.0 Å². The Morgan fingerprint density at radius 3 is 2.58 bits per heavy atom. The van der Waals surface area contributed by atoms with Crippen molar-refractivity contribution in [3.05, 3.63) is 66.2 Å². The van der Waals surface area contributed by atoms with Gasteiger partial charge in [0, 0.05) is 17.7 Å². The Hall–Kier alpha value is -3.45. The van der Waals surface area contributed by atoms with E-state index in [0.29, 0.717) is 0 Å². The first-order chi connectivity index (χ1) is 15.2. The summed E-state index contributed by atoms with van der Waals surface area (Å²) in [5.74, 6) is -0.272. The van der Waals surface area contributed by atoms with Crippen molar-refractivity contribution in [3.8, 4) is 22.5 Å². The molecule has 5 rings (SSSR count). The SMILES string of the molecule is O=C1CC(c2cccc(-c3cc(-c4ccccc4)nn3C3CCCCO3)c2)NC(=O)N1. The number of carbonyl (C=O) groups excluding carboxylic acids is 2. The zero-order valence-corrected chi connectivity index (χ0v) is 17.1. The lowest BCUT2D eigenvalue weighted by Gasteiger charge is -2.25. The highest BCUT2D eigenvalue weighted by molar-refractivity contribution is 5.97. The van der Waals surface area contributed by atoms with Crippen molar-refractivity contribution >= 4 is 11.9 Å². The fourth-order valence-corrected chi connectivity index (χ4v) is 4.22. The molecule has 1 aromatic heterocycles. The van der Waals surface area contributed by atoms with E-state index >= 15 is 0 Å². The summed E-state index contributed by atoms with van der Waals surface area (Å²) in [6.45, 7) is 0.730. The van der Waals surface area contributed by atoms with Crippen LogP contribution < -0.4 is 10.6 Å². The normalized spacial score (nSPS) is 21.4. The molecule has 2 aliphatic rings. The summed E-state index contributed by atoms with van der Waals surface area (Å²) < 4.78 is 8.02. The quantitative estimate of drug-likeness (QED) is 0.668. The fourth-order valence-electron chi connectivity index (χ4n) is 4.22. The first-order valence-electron chi connectivity index (χ1n) is 10.6. The number of hydrogen-bond donors (Lipinski definition) is 2. The molecule has 2 atom stereocenters. The maximum Gasteiger partial charge on any atom is 0.321 e. The summed E-state index contributed by atoms with van der Waals surface area (Å²) in [7, 11) is 0. The summed E-state index contributed by atoms with van der Waals surface area (Å²) in [4.78, 5) is 23.6. The molecule has 7 heteroatoms. The van der Waals surface area contributed by atoms with Crippen LogP contribution in [0.2, 0.25) is 0 Å². The topological polar surface area (TPSA) is 85.2 Å². The smallest absolute Gasteiger partial charge is 0.321 e. The van der Waals surface area contributed by atoms with Crippen LogP contribution in [0.25, 0.3) is 22.5 Å². The molecule has 31 heavy (non-hydrogen) atoms. The molecule has 3 aromatic rings. The van der Waals surface area contributed by atoms with E-state index in [0.717, 1.165) is 53.9 Å². The van der Waals surface area contributed by atoms with Crippen LogP contribution in [0.1, 0.15) is 43.5 Å². The number of ether oxygens (including phenoxy) is 1. The number of nitrogens with one attached hydrogen (secondary N) is 2. The van der Waals surface area contributed by atoms with Crippen molar-refractivity contribution in [3.63, 3.8) is 0 Å². The first-order valence-corrected chi connectivity index (χ1v) is 10.6. The zero-order valence-electron chi connectivity index (χ0n) is 17.1. The van der Waals surface area contributed by atoms with Gasteiger partial charge < -0.3 is 10.1 Å². The minimum Gasteiger partial charge on any atom is -0.356 e. The summed E-state index contributed by atoms with van der Waals surface area (Å²) >= 11 is 0. The predicted molar refractivity (Wildman–Crippen MR) is 116 cm³/mol. The molecule has 2 N–H and O–H groups in total. The standard InChI is InChI=1S/C24H24N4O3/c29-22-15-19(25-24(30)26-22)17-9-6-10-18(13-17)21-14-20(16-7-2-1-3-8-16)27-28(21)23-11-4-5-12-31-23/h1-3,6-10,13-14,19,23H,4-5,11-12,15H2,(H2,25,26,29,30). The molecule has 2 aliphatic heterocycles. The number of benzene rings is 2. The molecule has 0 saturated carbocycles. The van der Waals surface area contributed by atoms with Crippen molar-refractivity contribution in [1.82, 2.24) is 20.4 Å². The molecule has 2 fully saturated rings. The molecule has 7 nitrogen and oxygen atoms in total. The number of nitrogens with zero attached hydrogens (tertiary/aromatic N) is 2. The molecular weight excluding hydrogens is 392 g/mol. The lowest BCUT2D eigenvalue weighted by atomic mass is 9.98. The van der Waals surface area contributed by atoms with E-state index in [2.05, 4.69) is 16.7 Å². The lowest BCUT2D eigenvalue weighted by Crippen LogP contribution is -2.48. The van der Waals surface area contributed by atoms with Gasteiger partial charge in [-0.1, -0.05) is 48.5 Å². The molecule has 158 valence electrons. The van der Waals surface area contributed by atoms with E-state index in [4.69, 9.17) is 9.84 Å². The molecule has 3 heterocycles. The first kappa shape index (κ1) is 19.5. The summed E-state index contributed by atoms with van der Waals surface area (Å²) in [6.07, 6.45) is 3.20. The predicted octanol–water partition coefficient (Wildman–Crippen LogP) is 4.19. The number of carbonyl (C=O) groups is 2. The van der Waals surface area contributed by atoms with Crippen LogP contribution in [0.4, 0.5) is 4.79 Å². The van der Waals surface area contributed by atoms with E-state index < -0.39 is 6.03 Å². The van der Waals surface area contributed by atoms with Gasteiger partial charge in [0.1, 0.15) is 0 Å². The van der Waals surface area contributed by atoms with Crippen molar-refractivity contribution in [2.75, 3.05) is 6.61 Å². The third-order valence-electron chi connectivity index (χ3n) is 5.77. The van der Waals surface area contributed by atoms with Gasteiger partial charge in [0.25, 0.3) is 0 Å². The maximum absolute atomic E-state index is 11.8. The van der Waals surface area contributed by atoms with Crippen molar-refractivity contribution < 1.29 is 14.3 Å². The van der Waals surface area contributed by atoms with Crippen molar-refractivity contribution in [2.24, 2.45) is 0 Å². The number of imide groups is 1. The third kappa shape index (κ3) is 4.09. The average Bonchev–Trinajstić information content (AvgIpc) is 3.25. The molecule has 2 aromatic carbocycles. The highest BCUT2D eigenvalue weighted by Gasteiger charge is 2.26. The lowest BCUT2D eigenvalue weighted by molar-refractivity contribution is -0.121. The van der Waals surface area contributed by atoms with E-state index in [1.165, 1.54) is 0 Å². The van der Waals surface area contributed by atoms with Gasteiger partial charge in [0.05, 0.1) is 23.9 Å². The van der Waals surface area contributed by atoms with Crippen LogP contribution in [-0.2, 0) is 9.53 Å². The molecule has 0 spiro atoms. The van der Waals surface area contributed by atoms with Crippen LogP contribution in [0.5, 0.6) is 0 Å². The van der Waals surface area contributed by atoms with Gasteiger partial charge in [0.2, 0.25) is 5.91 Å². The second-order valence-electron chi connectivity index (χ2n) is 7.95. The van der Waals surface area contributed by atoms with E-state index in [9.17, 15) is 9.59 Å². The Bertz CT molecular complexity index is 1090. The minimum absolute atomic E-state index is 0.106. The van der Waals surface area contributed by atoms with Crippen molar-refractivity contribution in [1.29, 1.82) is 0 Å². The minimum atomic E-state index is -0.460. The molecular formula is C24H24N4O3. The Morgan fingerprint density at radius 1 is 0.968 bits per heavy atom. The number of rotatable bonds is 4. The zero-order chi connectivity index (χ0) is 21.2. The number of amides is 3. The van der Waals surface area contributed by atoms with Crippen molar-refractivity contribution in [2.45, 2.75) is 38.0 Å². The number of urea groups is 1. The average molecular weight is 416 g/mol. The van der Waals surface area contributed by atoms with Gasteiger partial charge in [-0.25, -0.2) is 9.48 Å². The molecule has 0 bridgehead atoms. The summed E-state index contributed by atoms with van der Waals surface area (Å²) in [5, 5.41) is 10.0. The van der Waals surface area contributed by atoms with Crippen LogP contribution in [0, 0.1) is 0 Å². The Kier molecular flexibility index (Phi) is 5.26. The number of hydrogen-bond acceptors (Lipinski definition) is 4. The van der Waals surface area contributed by atoms with E-state index in [1.807, 2.05) is 59.3 Å². The molecule has 2 unspecified atom stereocenters. The highest BCUT2D eigenvalue weighted by atomic mass is 16.5. The molecule has 0 radical (unpaired) electrons. The summed E-state index contributed by atoms with van der Waals surface area (Å²) in [6, 6.07) is 19.3. The van der Waals surface area contributed by atoms with Gasteiger partial charge in [-0.2, -0.15) is 5.10 Å². The molecule has 3 amide bonds. The van der Waals surface area contributed by atoms with E-state index in [1.54, 1.807) is 0 Å². The van der Waals surface area contributed by atoms with Gasteiger partial charge in [-0.15, -0.1) is 0 Å². The molecule has 2 saturated heterocycles. The van der Waals surface area contributed by atoms with Crippen LogP contribution in [0.15, 0.2) is 60.7 Å². The largest absolute Gasteiger partial charge is 0.356 e. The highest BCUT2D eigenvalue weighted by Crippen LogP contribution is 2.33. The van der Waals surface area contributed by atoms with Gasteiger partial charge >= 0.3 is 6.03 Å². The molecule has 0 aliphatic carbocycles. The second-order valence-corrected chi connectivity index (χ2v) is 7.95. The second kappa shape index (κ2) is 8.35. The Balaban J connectivity index is 1.55. The van der Waals surface area contributed by atoms with Gasteiger partial charge in [-0.3, -0.25) is 10.1 Å². The van der Waals surface area contributed by atoms with Gasteiger partial charge in [0.15, 0.2) is 6.23 Å². The fraction of sp³-hybridized carbons (Fsp3) is 0.292. The summed E-state index contributed by atoms with van der Waals surface area (Å²) in [5.41, 5.74) is 4.76. The number of aromatic nitrogens is 2. The third-order valence-corrected chi connectivity index (χ3v) is 5.77. The monoisotopic (exact) mass is 416 g/mol. The maximum atomic E-state index is 11.8. The Morgan fingerprint density at radius 2 is 1.81 bits per heavy atom. The van der Waals surface area contributed by atoms with Crippen LogP contribution in [-0.4, -0.2) is 28.3 Å². The Labute approximate surface area is 180 Å².